The average molecular weight is 436 g/mol. The number of aromatic nitrogens is 1. The quantitative estimate of drug-likeness (QED) is 0.500. The molecule has 3 rings (SSSR count). The molecule has 0 aliphatic carbocycles. The highest BCUT2D eigenvalue weighted by molar-refractivity contribution is 14.1. The summed E-state index contributed by atoms with van der Waals surface area (Å²) in [4.78, 5) is 3.21. The third-order valence-electron chi connectivity index (χ3n) is 4.03. The topological polar surface area (TPSA) is 48.0 Å². The first-order valence-electron chi connectivity index (χ1n) is 7.62. The zero-order valence-corrected chi connectivity index (χ0v) is 15.6. The van der Waals surface area contributed by atoms with Crippen molar-refractivity contribution in [3.63, 3.8) is 0 Å². The minimum Gasteiger partial charge on any atom is -0.505 e. The molecule has 0 spiro atoms. The van der Waals surface area contributed by atoms with Gasteiger partial charge < -0.3 is 15.4 Å². The second kappa shape index (κ2) is 6.84. The number of H-pyrrole nitrogens is 1. The Hall–Kier alpha value is -2.02. The van der Waals surface area contributed by atoms with Gasteiger partial charge in [-0.25, -0.2) is 4.39 Å². The normalized spacial score (nSPS) is 10.8. The Morgan fingerprint density at radius 3 is 2.67 bits per heavy atom. The SMILES string of the molecule is CNc1[nH]c(Cc2cccc(F)c2)c(O)c1-c1ccc(C)c(I)c1. The molecular weight excluding hydrogens is 418 g/mol. The number of nitrogens with one attached hydrogen (secondary N) is 2. The third-order valence-corrected chi connectivity index (χ3v) is 5.19. The molecule has 0 saturated heterocycles. The summed E-state index contributed by atoms with van der Waals surface area (Å²) in [6, 6.07) is 12.5. The van der Waals surface area contributed by atoms with Crippen molar-refractivity contribution in [1.29, 1.82) is 0 Å². The molecule has 0 atom stereocenters. The summed E-state index contributed by atoms with van der Waals surface area (Å²) in [7, 11) is 1.81. The van der Waals surface area contributed by atoms with Gasteiger partial charge in [-0.1, -0.05) is 24.3 Å². The van der Waals surface area contributed by atoms with E-state index in [9.17, 15) is 9.50 Å². The Kier molecular flexibility index (Phi) is 4.80. The molecule has 3 nitrogen and oxygen atoms in total. The number of rotatable bonds is 4. The van der Waals surface area contributed by atoms with Crippen molar-refractivity contribution in [2.75, 3.05) is 12.4 Å². The zero-order chi connectivity index (χ0) is 17.3. The fourth-order valence-corrected chi connectivity index (χ4v) is 3.25. The van der Waals surface area contributed by atoms with Gasteiger partial charge in [0.15, 0.2) is 0 Å². The number of hydrogen-bond donors (Lipinski definition) is 3. The molecule has 1 aromatic heterocycles. The number of hydrogen-bond acceptors (Lipinski definition) is 2. The van der Waals surface area contributed by atoms with Crippen molar-refractivity contribution < 1.29 is 9.50 Å². The molecule has 2 aromatic carbocycles. The number of benzene rings is 2. The molecule has 0 bridgehead atoms. The number of aromatic hydroxyl groups is 1. The first-order valence-corrected chi connectivity index (χ1v) is 8.70. The van der Waals surface area contributed by atoms with Gasteiger partial charge in [-0.2, -0.15) is 0 Å². The highest BCUT2D eigenvalue weighted by atomic mass is 127. The molecule has 0 aliphatic heterocycles. The summed E-state index contributed by atoms with van der Waals surface area (Å²) in [5.41, 5.74) is 4.34. The monoisotopic (exact) mass is 436 g/mol. The Balaban J connectivity index is 2.04. The van der Waals surface area contributed by atoms with Crippen molar-refractivity contribution in [3.05, 3.63) is 68.7 Å². The smallest absolute Gasteiger partial charge is 0.146 e. The van der Waals surface area contributed by atoms with Crippen LogP contribution in [0.1, 0.15) is 16.8 Å². The first kappa shape index (κ1) is 16.8. The van der Waals surface area contributed by atoms with E-state index in [2.05, 4.69) is 39.8 Å². The second-order valence-electron chi connectivity index (χ2n) is 5.72. The zero-order valence-electron chi connectivity index (χ0n) is 13.5. The van der Waals surface area contributed by atoms with E-state index in [-0.39, 0.29) is 11.6 Å². The maximum absolute atomic E-state index is 13.4. The highest BCUT2D eigenvalue weighted by Gasteiger charge is 2.18. The predicted octanol–water partition coefficient (Wildman–Crippen LogP) is 5.07. The Bertz CT molecular complexity index is 889. The van der Waals surface area contributed by atoms with Crippen LogP contribution in [-0.4, -0.2) is 17.1 Å². The van der Waals surface area contributed by atoms with Crippen LogP contribution in [0.3, 0.4) is 0 Å². The van der Waals surface area contributed by atoms with Gasteiger partial charge in [0.05, 0.1) is 11.3 Å². The van der Waals surface area contributed by atoms with Gasteiger partial charge in [-0.15, -0.1) is 0 Å². The molecule has 3 aromatic rings. The van der Waals surface area contributed by atoms with Gasteiger partial charge in [0, 0.05) is 17.0 Å². The van der Waals surface area contributed by atoms with Crippen LogP contribution in [0.25, 0.3) is 11.1 Å². The summed E-state index contributed by atoms with van der Waals surface area (Å²) in [6.45, 7) is 2.05. The highest BCUT2D eigenvalue weighted by Crippen LogP contribution is 2.40. The third kappa shape index (κ3) is 3.26. The maximum Gasteiger partial charge on any atom is 0.146 e. The molecule has 5 heteroatoms. The summed E-state index contributed by atoms with van der Waals surface area (Å²) in [5, 5.41) is 13.8. The molecule has 124 valence electrons. The van der Waals surface area contributed by atoms with Crippen molar-refractivity contribution in [2.24, 2.45) is 0 Å². The van der Waals surface area contributed by atoms with E-state index in [1.165, 1.54) is 17.7 Å². The number of aryl methyl sites for hydroxylation is 1. The lowest BCUT2D eigenvalue weighted by atomic mass is 10.0. The summed E-state index contributed by atoms with van der Waals surface area (Å²) < 4.78 is 14.5. The molecule has 0 saturated carbocycles. The Morgan fingerprint density at radius 2 is 2.00 bits per heavy atom. The molecule has 0 unspecified atom stereocenters. The summed E-state index contributed by atoms with van der Waals surface area (Å²) >= 11 is 2.29. The Labute approximate surface area is 154 Å². The molecule has 3 N–H and O–H groups in total. The lowest BCUT2D eigenvalue weighted by molar-refractivity contribution is 0.471. The van der Waals surface area contributed by atoms with Crippen LogP contribution in [0.2, 0.25) is 0 Å². The van der Waals surface area contributed by atoms with E-state index >= 15 is 0 Å². The van der Waals surface area contributed by atoms with Crippen molar-refractivity contribution in [2.45, 2.75) is 13.3 Å². The number of halogens is 2. The number of aromatic amines is 1. The van der Waals surface area contributed by atoms with E-state index in [0.717, 1.165) is 26.1 Å². The van der Waals surface area contributed by atoms with Crippen LogP contribution in [0.4, 0.5) is 10.2 Å². The van der Waals surface area contributed by atoms with Gasteiger partial charge >= 0.3 is 0 Å². The molecule has 1 heterocycles. The Morgan fingerprint density at radius 1 is 1.21 bits per heavy atom. The van der Waals surface area contributed by atoms with E-state index in [0.29, 0.717) is 12.1 Å². The largest absolute Gasteiger partial charge is 0.505 e. The van der Waals surface area contributed by atoms with Crippen LogP contribution >= 0.6 is 22.6 Å². The van der Waals surface area contributed by atoms with E-state index in [1.807, 2.05) is 24.3 Å². The predicted molar refractivity (Wildman–Crippen MR) is 104 cm³/mol. The fraction of sp³-hybridized carbons (Fsp3) is 0.158. The fourth-order valence-electron chi connectivity index (χ4n) is 2.74. The van der Waals surface area contributed by atoms with Crippen LogP contribution in [-0.2, 0) is 6.42 Å². The van der Waals surface area contributed by atoms with Crippen LogP contribution in [0.5, 0.6) is 5.75 Å². The van der Waals surface area contributed by atoms with Gasteiger partial charge in [-0.05, 0) is 64.4 Å². The molecular formula is C19H18FIN2O. The lowest BCUT2D eigenvalue weighted by Gasteiger charge is -2.06. The van der Waals surface area contributed by atoms with Gasteiger partial charge in [0.25, 0.3) is 0 Å². The first-order chi connectivity index (χ1) is 11.5. The van der Waals surface area contributed by atoms with Crippen LogP contribution in [0, 0.1) is 16.3 Å². The van der Waals surface area contributed by atoms with E-state index < -0.39 is 0 Å². The molecule has 0 aliphatic rings. The minimum absolute atomic E-state index is 0.197. The summed E-state index contributed by atoms with van der Waals surface area (Å²) in [5.74, 6) is 0.669. The number of anilines is 1. The standard InChI is InChI=1S/C19H18FIN2O/c1-11-6-7-13(10-15(11)21)17-18(24)16(23-19(17)22-2)9-12-4-3-5-14(20)8-12/h3-8,10,22-24H,9H2,1-2H3. The van der Waals surface area contributed by atoms with Gasteiger partial charge in [0.1, 0.15) is 17.4 Å². The molecule has 0 fully saturated rings. The lowest BCUT2D eigenvalue weighted by Crippen LogP contribution is -1.92. The molecule has 24 heavy (non-hydrogen) atoms. The average Bonchev–Trinajstić information content (AvgIpc) is 2.86. The van der Waals surface area contributed by atoms with Crippen molar-refractivity contribution in [1.82, 2.24) is 4.98 Å². The van der Waals surface area contributed by atoms with Gasteiger partial charge in [-0.3, -0.25) is 0 Å². The molecule has 0 amide bonds. The van der Waals surface area contributed by atoms with Crippen LogP contribution < -0.4 is 5.32 Å². The minimum atomic E-state index is -0.277. The second-order valence-corrected chi connectivity index (χ2v) is 6.89. The van der Waals surface area contributed by atoms with Gasteiger partial charge in [0.2, 0.25) is 0 Å². The molecule has 0 radical (unpaired) electrons. The van der Waals surface area contributed by atoms with Crippen molar-refractivity contribution >= 4 is 28.4 Å². The summed E-state index contributed by atoms with van der Waals surface area (Å²) in [6.07, 6.45) is 0.432. The van der Waals surface area contributed by atoms with E-state index in [4.69, 9.17) is 0 Å². The van der Waals surface area contributed by atoms with E-state index in [1.54, 1.807) is 13.1 Å². The van der Waals surface area contributed by atoms with Crippen molar-refractivity contribution in [3.8, 4) is 16.9 Å². The maximum atomic E-state index is 13.4. The van der Waals surface area contributed by atoms with Crippen LogP contribution in [0.15, 0.2) is 42.5 Å².